The summed E-state index contributed by atoms with van der Waals surface area (Å²) in [6.45, 7) is 2.00. The quantitative estimate of drug-likeness (QED) is 0.768. The summed E-state index contributed by atoms with van der Waals surface area (Å²) in [5, 5.41) is 9.27. The summed E-state index contributed by atoms with van der Waals surface area (Å²) in [6.07, 6.45) is 3.46. The number of fused-ring (bicyclic) bond motifs is 1. The van der Waals surface area contributed by atoms with Gasteiger partial charge in [-0.1, -0.05) is 41.2 Å². The highest BCUT2D eigenvalue weighted by Gasteiger charge is 2.19. The van der Waals surface area contributed by atoms with Crippen LogP contribution in [0.15, 0.2) is 36.7 Å². The van der Waals surface area contributed by atoms with Gasteiger partial charge in [0.05, 0.1) is 5.69 Å². The van der Waals surface area contributed by atoms with Gasteiger partial charge in [0, 0.05) is 18.0 Å². The zero-order valence-corrected chi connectivity index (χ0v) is 10.4. The minimum atomic E-state index is -0.916. The van der Waals surface area contributed by atoms with Crippen molar-refractivity contribution in [3.05, 3.63) is 47.1 Å². The van der Waals surface area contributed by atoms with Crippen LogP contribution in [0.5, 0.6) is 0 Å². The van der Waals surface area contributed by atoms with Crippen molar-refractivity contribution >= 4 is 22.3 Å². The van der Waals surface area contributed by atoms with Gasteiger partial charge >= 0.3 is 5.97 Å². The number of aromatic carboxylic acids is 1. The molecule has 3 rings (SSSR count). The molecule has 18 heavy (non-hydrogen) atoms. The Labute approximate surface area is 107 Å². The molecule has 1 N–H and O–H groups in total. The molecule has 0 fully saturated rings. The highest BCUT2D eigenvalue weighted by atomic mass is 32.1. The predicted octanol–water partition coefficient (Wildman–Crippen LogP) is 3.07. The molecule has 4 nitrogen and oxygen atoms in total. The Morgan fingerprint density at radius 2 is 2.06 bits per heavy atom. The number of carboxylic acid groups (broad SMARTS) is 1. The van der Waals surface area contributed by atoms with E-state index in [4.69, 9.17) is 0 Å². The lowest BCUT2D eigenvalue weighted by atomic mass is 10.1. The zero-order valence-electron chi connectivity index (χ0n) is 9.62. The molecule has 5 heteroatoms. The molecule has 90 valence electrons. The van der Waals surface area contributed by atoms with Crippen LogP contribution in [0.3, 0.4) is 0 Å². The molecule has 2 heterocycles. The van der Waals surface area contributed by atoms with E-state index in [-0.39, 0.29) is 0 Å². The molecule has 1 aromatic carbocycles. The molecule has 2 aromatic heterocycles. The largest absolute Gasteiger partial charge is 0.477 e. The molecule has 0 saturated carbocycles. The fraction of sp³-hybridized carbons (Fsp3) is 0.0769. The van der Waals surface area contributed by atoms with E-state index in [0.717, 1.165) is 11.1 Å². The molecular weight excluding hydrogens is 248 g/mol. The minimum Gasteiger partial charge on any atom is -0.477 e. The van der Waals surface area contributed by atoms with Crippen LogP contribution in [0.1, 0.15) is 15.2 Å². The molecule has 0 radical (unpaired) electrons. The second-order valence-corrected chi connectivity index (χ2v) is 5.01. The Morgan fingerprint density at radius 1 is 1.33 bits per heavy atom. The third kappa shape index (κ3) is 1.60. The normalized spacial score (nSPS) is 10.9. The van der Waals surface area contributed by atoms with Crippen LogP contribution < -0.4 is 0 Å². The van der Waals surface area contributed by atoms with Crippen LogP contribution in [-0.2, 0) is 0 Å². The van der Waals surface area contributed by atoms with Gasteiger partial charge in [0.25, 0.3) is 0 Å². The first-order valence-electron chi connectivity index (χ1n) is 5.43. The maximum Gasteiger partial charge on any atom is 0.348 e. The summed E-state index contributed by atoms with van der Waals surface area (Å²) < 4.78 is 1.82. The highest BCUT2D eigenvalue weighted by molar-refractivity contribution is 7.19. The van der Waals surface area contributed by atoms with Gasteiger partial charge < -0.3 is 5.11 Å². The number of carbonyl (C=O) groups is 1. The van der Waals surface area contributed by atoms with Gasteiger partial charge in [-0.15, -0.1) is 0 Å². The molecular formula is C13H10N2O2S. The number of hydrogen-bond acceptors (Lipinski definition) is 3. The Balaban J connectivity index is 2.31. The Kier molecular flexibility index (Phi) is 2.41. The highest BCUT2D eigenvalue weighted by Crippen LogP contribution is 2.31. The fourth-order valence-electron chi connectivity index (χ4n) is 1.91. The average Bonchev–Trinajstić information content (AvgIpc) is 2.90. The van der Waals surface area contributed by atoms with Crippen LogP contribution in [0, 0.1) is 6.92 Å². The van der Waals surface area contributed by atoms with Gasteiger partial charge in [-0.05, 0) is 6.92 Å². The number of benzene rings is 1. The lowest BCUT2D eigenvalue weighted by Crippen LogP contribution is -1.97. The molecule has 0 aliphatic rings. The topological polar surface area (TPSA) is 54.6 Å². The molecule has 0 atom stereocenters. The van der Waals surface area contributed by atoms with Crippen LogP contribution in [-0.4, -0.2) is 20.5 Å². The number of aromatic nitrogens is 2. The van der Waals surface area contributed by atoms with Crippen LogP contribution in [0.2, 0.25) is 0 Å². The van der Waals surface area contributed by atoms with Crippen molar-refractivity contribution in [3.63, 3.8) is 0 Å². The van der Waals surface area contributed by atoms with E-state index >= 15 is 0 Å². The van der Waals surface area contributed by atoms with Gasteiger partial charge in [0.2, 0.25) is 0 Å². The molecule has 0 amide bonds. The maximum atomic E-state index is 11.3. The summed E-state index contributed by atoms with van der Waals surface area (Å²) in [7, 11) is 0. The van der Waals surface area contributed by atoms with Gasteiger partial charge in [0.15, 0.2) is 4.96 Å². The zero-order chi connectivity index (χ0) is 12.7. The van der Waals surface area contributed by atoms with E-state index in [0.29, 0.717) is 15.5 Å². The van der Waals surface area contributed by atoms with E-state index in [2.05, 4.69) is 4.98 Å². The van der Waals surface area contributed by atoms with Gasteiger partial charge in [-0.2, -0.15) is 0 Å². The van der Waals surface area contributed by atoms with Crippen LogP contribution in [0.4, 0.5) is 0 Å². The first-order valence-corrected chi connectivity index (χ1v) is 6.24. The van der Waals surface area contributed by atoms with Crippen molar-refractivity contribution in [2.75, 3.05) is 0 Å². The van der Waals surface area contributed by atoms with E-state index < -0.39 is 5.97 Å². The van der Waals surface area contributed by atoms with Crippen molar-refractivity contribution < 1.29 is 9.90 Å². The lowest BCUT2D eigenvalue weighted by molar-refractivity contribution is 0.0702. The number of imidazole rings is 1. The summed E-state index contributed by atoms with van der Waals surface area (Å²) in [6, 6.07) is 7.81. The number of carboxylic acids is 1. The second-order valence-electron chi connectivity index (χ2n) is 4.03. The van der Waals surface area contributed by atoms with E-state index in [1.807, 2.05) is 35.6 Å². The first-order chi connectivity index (χ1) is 8.66. The number of aryl methyl sites for hydroxylation is 1. The van der Waals surface area contributed by atoms with E-state index in [9.17, 15) is 9.90 Å². The molecule has 0 spiro atoms. The number of rotatable bonds is 2. The third-order valence-corrected chi connectivity index (χ3v) is 3.83. The SMILES string of the molecule is Cc1ccc(-c2c(C(=O)O)sc3nccn23)cc1. The Morgan fingerprint density at radius 3 is 2.72 bits per heavy atom. The minimum absolute atomic E-state index is 0.321. The fourth-order valence-corrected chi connectivity index (χ4v) is 2.86. The van der Waals surface area contributed by atoms with Crippen molar-refractivity contribution in [3.8, 4) is 11.3 Å². The summed E-state index contributed by atoms with van der Waals surface area (Å²) in [5.41, 5.74) is 2.73. The van der Waals surface area contributed by atoms with Gasteiger partial charge in [-0.25, -0.2) is 9.78 Å². The second kappa shape index (κ2) is 3.96. The van der Waals surface area contributed by atoms with E-state index in [1.165, 1.54) is 11.3 Å². The average molecular weight is 258 g/mol. The van der Waals surface area contributed by atoms with Crippen molar-refractivity contribution in [1.82, 2.24) is 9.38 Å². The molecule has 0 unspecified atom stereocenters. The third-order valence-electron chi connectivity index (χ3n) is 2.78. The summed E-state index contributed by atoms with van der Waals surface area (Å²) in [5.74, 6) is -0.916. The predicted molar refractivity (Wildman–Crippen MR) is 70.2 cm³/mol. The van der Waals surface area contributed by atoms with Gasteiger partial charge in [0.1, 0.15) is 4.88 Å². The molecule has 3 aromatic rings. The lowest BCUT2D eigenvalue weighted by Gasteiger charge is -2.02. The maximum absolute atomic E-state index is 11.3. The van der Waals surface area contributed by atoms with Gasteiger partial charge in [-0.3, -0.25) is 4.40 Å². The number of hydrogen-bond donors (Lipinski definition) is 1. The van der Waals surface area contributed by atoms with Crippen molar-refractivity contribution in [1.29, 1.82) is 0 Å². The summed E-state index contributed by atoms with van der Waals surface area (Å²) in [4.78, 5) is 16.5. The first kappa shape index (κ1) is 11.0. The standard InChI is InChI=1S/C13H10N2O2S/c1-8-2-4-9(5-3-8)10-11(12(16)17)18-13-14-6-7-15(10)13/h2-7H,1H3,(H,16,17). The molecule has 0 aliphatic carbocycles. The molecule has 0 aliphatic heterocycles. The Bertz CT molecular complexity index is 725. The monoisotopic (exact) mass is 258 g/mol. The van der Waals surface area contributed by atoms with Crippen LogP contribution in [0.25, 0.3) is 16.2 Å². The number of nitrogens with zero attached hydrogens (tertiary/aromatic N) is 2. The Hall–Kier alpha value is -2.14. The smallest absolute Gasteiger partial charge is 0.348 e. The van der Waals surface area contributed by atoms with Crippen LogP contribution >= 0.6 is 11.3 Å². The molecule has 0 saturated heterocycles. The molecule has 0 bridgehead atoms. The summed E-state index contributed by atoms with van der Waals surface area (Å²) >= 11 is 1.19. The number of thiazole rings is 1. The van der Waals surface area contributed by atoms with Crippen molar-refractivity contribution in [2.24, 2.45) is 0 Å². The van der Waals surface area contributed by atoms with E-state index in [1.54, 1.807) is 12.4 Å². The van der Waals surface area contributed by atoms with Crippen molar-refractivity contribution in [2.45, 2.75) is 6.92 Å².